The van der Waals surface area contributed by atoms with Crippen molar-refractivity contribution >= 4 is 11.6 Å². The average molecular weight is 225 g/mol. The van der Waals surface area contributed by atoms with Gasteiger partial charge in [-0.1, -0.05) is 36.4 Å². The molecule has 0 spiro atoms. The largest absolute Gasteiger partial charge is 0.347 e. The van der Waals surface area contributed by atoms with Crippen LogP contribution in [0.15, 0.2) is 42.5 Å². The summed E-state index contributed by atoms with van der Waals surface area (Å²) in [6, 6.07) is 10.0. The minimum absolute atomic E-state index is 0.0263. The minimum atomic E-state index is -0.264. The molecule has 2 atom stereocenters. The third kappa shape index (κ3) is 3.34. The van der Waals surface area contributed by atoms with Gasteiger partial charge in [-0.15, -0.1) is 11.6 Å². The van der Waals surface area contributed by atoms with E-state index in [0.29, 0.717) is 13.2 Å². The fourth-order valence-electron chi connectivity index (χ4n) is 1.37. The van der Waals surface area contributed by atoms with E-state index in [0.717, 1.165) is 5.56 Å². The summed E-state index contributed by atoms with van der Waals surface area (Å²) in [5.41, 5.74) is 1.14. The number of rotatable bonds is 3. The van der Waals surface area contributed by atoms with Gasteiger partial charge in [0.25, 0.3) is 0 Å². The zero-order chi connectivity index (χ0) is 10.5. The third-order valence-electron chi connectivity index (χ3n) is 2.15. The van der Waals surface area contributed by atoms with Crippen molar-refractivity contribution in [1.82, 2.24) is 0 Å². The fraction of sp³-hybridized carbons (Fsp3) is 0.333. The summed E-state index contributed by atoms with van der Waals surface area (Å²) in [5.74, 6) is 0. The highest BCUT2D eigenvalue weighted by Gasteiger charge is 2.13. The van der Waals surface area contributed by atoms with Crippen LogP contribution in [0.3, 0.4) is 0 Å². The van der Waals surface area contributed by atoms with Crippen LogP contribution in [-0.4, -0.2) is 18.3 Å². The summed E-state index contributed by atoms with van der Waals surface area (Å²) in [6.07, 6.45) is 3.49. The number of halogens is 1. The molecule has 0 unspecified atom stereocenters. The molecule has 1 aromatic rings. The lowest BCUT2D eigenvalue weighted by molar-refractivity contribution is -0.122. The standard InChI is InChI=1S/C12H13ClO2/c13-11-6-7-12(15-9-11)14-8-10-4-2-1-3-5-10/h1-7,11-12H,8-9H2/t11-,12+/m1/s1. The molecule has 15 heavy (non-hydrogen) atoms. The van der Waals surface area contributed by atoms with Crippen molar-refractivity contribution in [2.45, 2.75) is 18.3 Å². The maximum atomic E-state index is 5.83. The molecule has 80 valence electrons. The summed E-state index contributed by atoms with van der Waals surface area (Å²) >= 11 is 5.83. The Labute approximate surface area is 94.5 Å². The Bertz CT molecular complexity index is 324. The molecule has 0 radical (unpaired) electrons. The lowest BCUT2D eigenvalue weighted by Crippen LogP contribution is -2.23. The van der Waals surface area contributed by atoms with Gasteiger partial charge >= 0.3 is 0 Å². The SMILES string of the molecule is Cl[C@@H]1C=C[C@@H](OCc2ccccc2)OC1. The van der Waals surface area contributed by atoms with Crippen LogP contribution in [0.4, 0.5) is 0 Å². The smallest absolute Gasteiger partial charge is 0.177 e. The molecule has 0 bridgehead atoms. The van der Waals surface area contributed by atoms with Gasteiger partial charge in [0.2, 0.25) is 0 Å². The first-order chi connectivity index (χ1) is 7.34. The van der Waals surface area contributed by atoms with Gasteiger partial charge in [0.15, 0.2) is 6.29 Å². The molecule has 2 rings (SSSR count). The van der Waals surface area contributed by atoms with Gasteiger partial charge in [0.1, 0.15) is 0 Å². The van der Waals surface area contributed by atoms with E-state index in [4.69, 9.17) is 21.1 Å². The predicted octanol–water partition coefficient (Wildman–Crippen LogP) is 2.72. The van der Waals surface area contributed by atoms with Crippen molar-refractivity contribution in [3.05, 3.63) is 48.0 Å². The molecular weight excluding hydrogens is 212 g/mol. The van der Waals surface area contributed by atoms with Crippen molar-refractivity contribution in [2.24, 2.45) is 0 Å². The van der Waals surface area contributed by atoms with Crippen molar-refractivity contribution < 1.29 is 9.47 Å². The van der Waals surface area contributed by atoms with Crippen LogP contribution in [0.5, 0.6) is 0 Å². The van der Waals surface area contributed by atoms with Crippen molar-refractivity contribution in [3.8, 4) is 0 Å². The highest BCUT2D eigenvalue weighted by Crippen LogP contribution is 2.12. The van der Waals surface area contributed by atoms with Crippen LogP contribution in [-0.2, 0) is 16.1 Å². The molecule has 0 aromatic heterocycles. The topological polar surface area (TPSA) is 18.5 Å². The lowest BCUT2D eigenvalue weighted by Gasteiger charge is -2.20. The van der Waals surface area contributed by atoms with Crippen LogP contribution in [0.25, 0.3) is 0 Å². The molecule has 0 fully saturated rings. The van der Waals surface area contributed by atoms with Crippen molar-refractivity contribution in [1.29, 1.82) is 0 Å². The molecule has 1 aromatic carbocycles. The Kier molecular flexibility index (Phi) is 3.78. The van der Waals surface area contributed by atoms with Crippen molar-refractivity contribution in [2.75, 3.05) is 6.61 Å². The normalized spacial score (nSPS) is 25.4. The Balaban J connectivity index is 1.82. The zero-order valence-electron chi connectivity index (χ0n) is 8.30. The monoisotopic (exact) mass is 224 g/mol. The molecule has 1 aliphatic rings. The Morgan fingerprint density at radius 1 is 1.27 bits per heavy atom. The Morgan fingerprint density at radius 2 is 2.07 bits per heavy atom. The van der Waals surface area contributed by atoms with E-state index in [1.165, 1.54) is 0 Å². The van der Waals surface area contributed by atoms with Gasteiger partial charge < -0.3 is 9.47 Å². The fourth-order valence-corrected chi connectivity index (χ4v) is 1.52. The van der Waals surface area contributed by atoms with Crippen LogP contribution in [0.2, 0.25) is 0 Å². The zero-order valence-corrected chi connectivity index (χ0v) is 9.06. The highest BCUT2D eigenvalue weighted by atomic mass is 35.5. The Morgan fingerprint density at radius 3 is 2.73 bits per heavy atom. The van der Waals surface area contributed by atoms with Gasteiger partial charge in [-0.3, -0.25) is 0 Å². The number of hydrogen-bond acceptors (Lipinski definition) is 2. The van der Waals surface area contributed by atoms with Crippen LogP contribution in [0.1, 0.15) is 5.56 Å². The second-order valence-electron chi connectivity index (χ2n) is 3.40. The molecular formula is C12H13ClO2. The lowest BCUT2D eigenvalue weighted by atomic mass is 10.2. The second-order valence-corrected chi connectivity index (χ2v) is 3.96. The van der Waals surface area contributed by atoms with Gasteiger partial charge in [-0.25, -0.2) is 0 Å². The first-order valence-corrected chi connectivity index (χ1v) is 5.38. The highest BCUT2D eigenvalue weighted by molar-refractivity contribution is 6.21. The van der Waals surface area contributed by atoms with Gasteiger partial charge in [0, 0.05) is 0 Å². The summed E-state index contributed by atoms with van der Waals surface area (Å²) in [4.78, 5) is 0. The molecule has 1 heterocycles. The van der Waals surface area contributed by atoms with E-state index in [1.807, 2.05) is 42.5 Å². The van der Waals surface area contributed by atoms with Crippen molar-refractivity contribution in [3.63, 3.8) is 0 Å². The first kappa shape index (κ1) is 10.7. The van der Waals surface area contributed by atoms with Gasteiger partial charge in [-0.05, 0) is 11.6 Å². The van der Waals surface area contributed by atoms with Crippen LogP contribution < -0.4 is 0 Å². The quantitative estimate of drug-likeness (QED) is 0.581. The molecule has 2 nitrogen and oxygen atoms in total. The first-order valence-electron chi connectivity index (χ1n) is 4.94. The molecule has 0 N–H and O–H groups in total. The molecule has 0 aliphatic carbocycles. The number of benzene rings is 1. The molecule has 0 saturated carbocycles. The van der Waals surface area contributed by atoms with Gasteiger partial charge in [0.05, 0.1) is 18.6 Å². The number of alkyl halides is 1. The van der Waals surface area contributed by atoms with E-state index >= 15 is 0 Å². The third-order valence-corrected chi connectivity index (χ3v) is 2.43. The minimum Gasteiger partial charge on any atom is -0.347 e. The molecule has 1 aliphatic heterocycles. The summed E-state index contributed by atoms with van der Waals surface area (Å²) in [6.45, 7) is 1.07. The summed E-state index contributed by atoms with van der Waals surface area (Å²) in [5, 5.41) is -0.0263. The second kappa shape index (κ2) is 5.31. The summed E-state index contributed by atoms with van der Waals surface area (Å²) in [7, 11) is 0. The predicted molar refractivity (Wildman–Crippen MR) is 59.8 cm³/mol. The van der Waals surface area contributed by atoms with E-state index in [2.05, 4.69) is 0 Å². The van der Waals surface area contributed by atoms with E-state index in [-0.39, 0.29) is 11.7 Å². The number of ether oxygens (including phenoxy) is 2. The van der Waals surface area contributed by atoms with Crippen LogP contribution in [0, 0.1) is 0 Å². The molecule has 0 saturated heterocycles. The number of hydrogen-bond donors (Lipinski definition) is 0. The average Bonchev–Trinajstić information content (AvgIpc) is 2.30. The van der Waals surface area contributed by atoms with E-state index < -0.39 is 0 Å². The maximum Gasteiger partial charge on any atom is 0.177 e. The molecule has 3 heteroatoms. The summed E-state index contributed by atoms with van der Waals surface area (Å²) < 4.78 is 10.9. The van der Waals surface area contributed by atoms with E-state index in [1.54, 1.807) is 0 Å². The van der Waals surface area contributed by atoms with E-state index in [9.17, 15) is 0 Å². The maximum absolute atomic E-state index is 5.83. The van der Waals surface area contributed by atoms with Crippen LogP contribution >= 0.6 is 11.6 Å². The van der Waals surface area contributed by atoms with Gasteiger partial charge in [-0.2, -0.15) is 0 Å². The Hall–Kier alpha value is -0.830. The molecule has 0 amide bonds.